The third kappa shape index (κ3) is 2.66. The van der Waals surface area contributed by atoms with E-state index in [0.717, 1.165) is 23.0 Å². The first-order valence-electron chi connectivity index (χ1n) is 5.01. The molecule has 0 bridgehead atoms. The monoisotopic (exact) mass is 312 g/mol. The number of para-hydroxylation sites is 1. The van der Waals surface area contributed by atoms with Gasteiger partial charge in [0.2, 0.25) is 0 Å². The minimum Gasteiger partial charge on any atom is -0.312 e. The van der Waals surface area contributed by atoms with Gasteiger partial charge in [-0.1, -0.05) is 46.9 Å². The molecule has 2 aromatic rings. The summed E-state index contributed by atoms with van der Waals surface area (Å²) in [4.78, 5) is 4.42. The van der Waals surface area contributed by atoms with Crippen molar-refractivity contribution in [2.24, 2.45) is 0 Å². The molecule has 0 aliphatic carbocycles. The molecular weight excluding hydrogens is 299 g/mol. The molecule has 0 spiro atoms. The maximum atomic E-state index is 4.42. The van der Waals surface area contributed by atoms with E-state index in [1.54, 1.807) is 0 Å². The number of hydrogen-bond acceptors (Lipinski definition) is 2. The summed E-state index contributed by atoms with van der Waals surface area (Å²) in [6, 6.07) is 10.4. The van der Waals surface area contributed by atoms with Crippen molar-refractivity contribution >= 4 is 33.5 Å². The van der Waals surface area contributed by atoms with Crippen molar-refractivity contribution in [1.29, 1.82) is 0 Å². The van der Waals surface area contributed by atoms with E-state index in [-0.39, 0.29) is 0 Å². The molecule has 2 rings (SSSR count). The lowest BCUT2D eigenvalue weighted by Gasteiger charge is -2.05. The lowest BCUT2D eigenvalue weighted by Crippen LogP contribution is -2.15. The van der Waals surface area contributed by atoms with Gasteiger partial charge in [0.15, 0.2) is 0 Å². The molecule has 1 N–H and O–H groups in total. The number of aromatic nitrogens is 1. The molecular formula is C12H13IN2. The number of nitrogens with zero attached hydrogens (tertiary/aromatic N) is 1. The van der Waals surface area contributed by atoms with Gasteiger partial charge in [-0.15, -0.1) is 0 Å². The average Bonchev–Trinajstić information content (AvgIpc) is 2.30. The van der Waals surface area contributed by atoms with E-state index >= 15 is 0 Å². The Balaban J connectivity index is 2.26. The smallest absolute Gasteiger partial charge is 0.0746 e. The molecule has 0 aliphatic rings. The Bertz CT molecular complexity index is 437. The maximum absolute atomic E-state index is 4.42. The van der Waals surface area contributed by atoms with Crippen molar-refractivity contribution in [3.63, 3.8) is 0 Å². The zero-order valence-electron chi connectivity index (χ0n) is 8.41. The fraction of sp³-hybridized carbons (Fsp3) is 0.250. The van der Waals surface area contributed by atoms with E-state index < -0.39 is 0 Å². The normalized spacial score (nSPS) is 10.7. The first-order valence-corrected chi connectivity index (χ1v) is 6.53. The fourth-order valence-corrected chi connectivity index (χ4v) is 1.98. The molecule has 78 valence electrons. The van der Waals surface area contributed by atoms with Crippen LogP contribution in [-0.4, -0.2) is 16.0 Å². The third-order valence-corrected chi connectivity index (χ3v) is 2.84. The second kappa shape index (κ2) is 5.42. The second-order valence-electron chi connectivity index (χ2n) is 3.36. The molecule has 0 amide bonds. The van der Waals surface area contributed by atoms with Crippen LogP contribution in [0.2, 0.25) is 0 Å². The number of alkyl halides is 1. The molecule has 0 unspecified atom stereocenters. The predicted molar refractivity (Wildman–Crippen MR) is 72.3 cm³/mol. The Morgan fingerprint density at radius 2 is 2.07 bits per heavy atom. The summed E-state index contributed by atoms with van der Waals surface area (Å²) >= 11 is 2.37. The van der Waals surface area contributed by atoms with E-state index in [9.17, 15) is 0 Å². The topological polar surface area (TPSA) is 24.9 Å². The van der Waals surface area contributed by atoms with Gasteiger partial charge in [-0.2, -0.15) is 0 Å². The van der Waals surface area contributed by atoms with E-state index in [1.165, 1.54) is 10.9 Å². The summed E-state index contributed by atoms with van der Waals surface area (Å²) in [5.41, 5.74) is 2.39. The number of benzene rings is 1. The highest BCUT2D eigenvalue weighted by Crippen LogP contribution is 2.15. The minimum absolute atomic E-state index is 0.900. The molecule has 0 saturated heterocycles. The van der Waals surface area contributed by atoms with Crippen LogP contribution in [0.4, 0.5) is 0 Å². The molecule has 0 radical (unpaired) electrons. The van der Waals surface area contributed by atoms with E-state index in [2.05, 4.69) is 57.2 Å². The van der Waals surface area contributed by atoms with Crippen molar-refractivity contribution in [2.75, 3.05) is 11.0 Å². The number of fused-ring (bicyclic) bond motifs is 1. The zero-order chi connectivity index (χ0) is 10.5. The van der Waals surface area contributed by atoms with Crippen LogP contribution >= 0.6 is 22.6 Å². The van der Waals surface area contributed by atoms with Crippen LogP contribution in [0.25, 0.3) is 10.9 Å². The van der Waals surface area contributed by atoms with E-state index in [4.69, 9.17) is 0 Å². The van der Waals surface area contributed by atoms with Crippen LogP contribution in [0.1, 0.15) is 5.56 Å². The highest BCUT2D eigenvalue weighted by molar-refractivity contribution is 14.1. The van der Waals surface area contributed by atoms with Crippen LogP contribution in [-0.2, 0) is 6.54 Å². The van der Waals surface area contributed by atoms with E-state index in [1.807, 2.05) is 12.3 Å². The largest absolute Gasteiger partial charge is 0.312 e. The van der Waals surface area contributed by atoms with Crippen LogP contribution in [0.15, 0.2) is 36.5 Å². The highest BCUT2D eigenvalue weighted by atomic mass is 127. The highest BCUT2D eigenvalue weighted by Gasteiger charge is 2.00. The number of hydrogen-bond donors (Lipinski definition) is 1. The van der Waals surface area contributed by atoms with Crippen LogP contribution in [0, 0.1) is 0 Å². The summed E-state index contributed by atoms with van der Waals surface area (Å²) in [7, 11) is 0. The number of rotatable bonds is 4. The molecule has 2 nitrogen and oxygen atoms in total. The first-order chi connectivity index (χ1) is 7.42. The molecule has 0 saturated carbocycles. The summed E-state index contributed by atoms with van der Waals surface area (Å²) in [6.07, 6.45) is 1.85. The molecule has 1 heterocycles. The van der Waals surface area contributed by atoms with Crippen LogP contribution < -0.4 is 5.32 Å². The van der Waals surface area contributed by atoms with Gasteiger partial charge in [0.05, 0.1) is 5.52 Å². The second-order valence-corrected chi connectivity index (χ2v) is 4.44. The van der Waals surface area contributed by atoms with Crippen molar-refractivity contribution in [1.82, 2.24) is 10.3 Å². The molecule has 3 heteroatoms. The summed E-state index contributed by atoms with van der Waals surface area (Å²) in [6.45, 7) is 1.95. The zero-order valence-corrected chi connectivity index (χ0v) is 10.6. The Hall–Kier alpha value is -0.680. The molecule has 1 aromatic carbocycles. The predicted octanol–water partition coefficient (Wildman–Crippen LogP) is 2.76. The van der Waals surface area contributed by atoms with Gasteiger partial charge in [0.25, 0.3) is 0 Å². The van der Waals surface area contributed by atoms with Gasteiger partial charge >= 0.3 is 0 Å². The van der Waals surface area contributed by atoms with Gasteiger partial charge in [0, 0.05) is 29.1 Å². The van der Waals surface area contributed by atoms with Crippen molar-refractivity contribution in [3.05, 3.63) is 42.1 Å². The van der Waals surface area contributed by atoms with Crippen molar-refractivity contribution in [3.8, 4) is 0 Å². The average molecular weight is 312 g/mol. The van der Waals surface area contributed by atoms with E-state index in [0.29, 0.717) is 0 Å². The standard InChI is InChI=1S/C12H13IN2/c13-6-8-14-9-11-4-1-3-10-5-2-7-15-12(10)11/h1-5,7,14H,6,8-9H2. The first kappa shape index (κ1) is 10.8. The number of nitrogens with one attached hydrogen (secondary N) is 1. The maximum Gasteiger partial charge on any atom is 0.0746 e. The third-order valence-electron chi connectivity index (χ3n) is 2.30. The molecule has 0 atom stereocenters. The summed E-state index contributed by atoms with van der Waals surface area (Å²) in [5.74, 6) is 0. The fourth-order valence-electron chi connectivity index (χ4n) is 1.60. The SMILES string of the molecule is ICCNCc1cccc2cccnc12. The molecule has 1 aromatic heterocycles. The Morgan fingerprint density at radius 1 is 1.20 bits per heavy atom. The quantitative estimate of drug-likeness (QED) is 0.533. The lowest BCUT2D eigenvalue weighted by molar-refractivity contribution is 0.739. The Labute approximate surface area is 103 Å². The van der Waals surface area contributed by atoms with Crippen LogP contribution in [0.5, 0.6) is 0 Å². The van der Waals surface area contributed by atoms with Crippen molar-refractivity contribution < 1.29 is 0 Å². The lowest BCUT2D eigenvalue weighted by atomic mass is 10.1. The number of pyridine rings is 1. The van der Waals surface area contributed by atoms with Gasteiger partial charge < -0.3 is 5.32 Å². The molecule has 0 aliphatic heterocycles. The Morgan fingerprint density at radius 3 is 2.93 bits per heavy atom. The van der Waals surface area contributed by atoms with Gasteiger partial charge in [-0.25, -0.2) is 0 Å². The molecule has 0 fully saturated rings. The minimum atomic E-state index is 0.900. The summed E-state index contributed by atoms with van der Waals surface area (Å²) < 4.78 is 1.13. The number of halogens is 1. The van der Waals surface area contributed by atoms with Gasteiger partial charge in [-0.3, -0.25) is 4.98 Å². The summed E-state index contributed by atoms with van der Waals surface area (Å²) in [5, 5.41) is 4.61. The molecule has 15 heavy (non-hydrogen) atoms. The van der Waals surface area contributed by atoms with Gasteiger partial charge in [-0.05, 0) is 11.6 Å². The van der Waals surface area contributed by atoms with Gasteiger partial charge in [0.1, 0.15) is 0 Å². The Kier molecular flexibility index (Phi) is 3.91. The van der Waals surface area contributed by atoms with Crippen molar-refractivity contribution in [2.45, 2.75) is 6.54 Å². The van der Waals surface area contributed by atoms with Crippen LogP contribution in [0.3, 0.4) is 0 Å².